The SMILES string of the molecule is C/C(CC(=O)Nc1c(C)cc(C)cc1C)=N/NC(=O)c1cccc(O)c1. The molecule has 6 nitrogen and oxygen atoms in total. The summed E-state index contributed by atoms with van der Waals surface area (Å²) < 4.78 is 0. The van der Waals surface area contributed by atoms with E-state index in [1.54, 1.807) is 19.1 Å². The predicted molar refractivity (Wildman–Crippen MR) is 103 cm³/mol. The van der Waals surface area contributed by atoms with Crippen molar-refractivity contribution in [1.29, 1.82) is 0 Å². The van der Waals surface area contributed by atoms with E-state index in [0.717, 1.165) is 22.4 Å². The Morgan fingerprint density at radius 1 is 1.08 bits per heavy atom. The van der Waals surface area contributed by atoms with Gasteiger partial charge in [-0.15, -0.1) is 0 Å². The Hall–Kier alpha value is -3.15. The van der Waals surface area contributed by atoms with Crippen molar-refractivity contribution in [3.05, 3.63) is 58.7 Å². The van der Waals surface area contributed by atoms with Gasteiger partial charge in [-0.2, -0.15) is 5.10 Å². The second-order valence-electron chi connectivity index (χ2n) is 6.34. The third-order valence-electron chi connectivity index (χ3n) is 3.81. The molecule has 0 heterocycles. The molecule has 0 bridgehead atoms. The zero-order valence-corrected chi connectivity index (χ0v) is 15.4. The van der Waals surface area contributed by atoms with Crippen molar-refractivity contribution >= 4 is 23.2 Å². The Balaban J connectivity index is 1.96. The molecule has 0 atom stereocenters. The molecule has 0 saturated carbocycles. The first kappa shape index (κ1) is 19.2. The molecule has 0 unspecified atom stereocenters. The first-order valence-electron chi connectivity index (χ1n) is 8.26. The summed E-state index contributed by atoms with van der Waals surface area (Å²) in [5.41, 5.74) is 7.09. The van der Waals surface area contributed by atoms with Crippen LogP contribution in [0.25, 0.3) is 0 Å². The minimum atomic E-state index is -0.453. The highest BCUT2D eigenvalue weighted by atomic mass is 16.3. The van der Waals surface area contributed by atoms with Crippen LogP contribution in [0, 0.1) is 20.8 Å². The highest BCUT2D eigenvalue weighted by Crippen LogP contribution is 2.22. The number of hydrogen-bond acceptors (Lipinski definition) is 4. The van der Waals surface area contributed by atoms with Crippen molar-refractivity contribution in [2.24, 2.45) is 5.10 Å². The number of carbonyl (C=O) groups is 2. The highest BCUT2D eigenvalue weighted by molar-refractivity contribution is 6.06. The summed E-state index contributed by atoms with van der Waals surface area (Å²) in [6.07, 6.45) is 0.0626. The van der Waals surface area contributed by atoms with Gasteiger partial charge in [0.05, 0.1) is 6.42 Å². The number of aryl methyl sites for hydroxylation is 3. The zero-order valence-electron chi connectivity index (χ0n) is 15.4. The highest BCUT2D eigenvalue weighted by Gasteiger charge is 2.10. The van der Waals surface area contributed by atoms with Crippen LogP contribution in [-0.2, 0) is 4.79 Å². The van der Waals surface area contributed by atoms with Crippen LogP contribution in [-0.4, -0.2) is 22.6 Å². The van der Waals surface area contributed by atoms with Gasteiger partial charge in [-0.3, -0.25) is 9.59 Å². The van der Waals surface area contributed by atoms with Crippen molar-refractivity contribution in [3.8, 4) is 5.75 Å². The fraction of sp³-hybridized carbons (Fsp3) is 0.250. The standard InChI is InChI=1S/C20H23N3O3/c1-12-8-13(2)19(14(3)9-12)21-18(25)10-15(4)22-23-20(26)16-6-5-7-17(24)11-16/h5-9,11,24H,10H2,1-4H3,(H,21,25)(H,23,26)/b22-15-. The molecule has 0 saturated heterocycles. The normalized spacial score (nSPS) is 11.2. The molecule has 0 radical (unpaired) electrons. The van der Waals surface area contributed by atoms with Gasteiger partial charge in [0.1, 0.15) is 5.75 Å². The average molecular weight is 353 g/mol. The lowest BCUT2D eigenvalue weighted by molar-refractivity contribution is -0.115. The number of rotatable bonds is 5. The number of nitrogens with zero attached hydrogens (tertiary/aromatic N) is 1. The van der Waals surface area contributed by atoms with E-state index in [9.17, 15) is 14.7 Å². The third kappa shape index (κ3) is 5.17. The van der Waals surface area contributed by atoms with Gasteiger partial charge < -0.3 is 10.4 Å². The lowest BCUT2D eigenvalue weighted by Gasteiger charge is -2.12. The first-order valence-corrected chi connectivity index (χ1v) is 8.26. The molecular formula is C20H23N3O3. The van der Waals surface area contributed by atoms with Crippen LogP contribution in [0.5, 0.6) is 5.75 Å². The molecule has 6 heteroatoms. The molecule has 0 aliphatic carbocycles. The van der Waals surface area contributed by atoms with Gasteiger partial charge in [0.15, 0.2) is 0 Å². The minimum absolute atomic E-state index is 0.00145. The first-order chi connectivity index (χ1) is 12.3. The summed E-state index contributed by atoms with van der Waals surface area (Å²) in [4.78, 5) is 24.2. The van der Waals surface area contributed by atoms with E-state index in [2.05, 4.69) is 15.8 Å². The molecular weight excluding hydrogens is 330 g/mol. The molecule has 0 aliphatic heterocycles. The fourth-order valence-electron chi connectivity index (χ4n) is 2.69. The number of carbonyl (C=O) groups excluding carboxylic acids is 2. The number of aromatic hydroxyl groups is 1. The Kier molecular flexibility index (Phi) is 6.11. The van der Waals surface area contributed by atoms with Gasteiger partial charge in [0.2, 0.25) is 5.91 Å². The third-order valence-corrected chi connectivity index (χ3v) is 3.81. The number of phenolic OH excluding ortho intramolecular Hbond substituents is 1. The van der Waals surface area contributed by atoms with Crippen LogP contribution in [0.2, 0.25) is 0 Å². The number of hydrazone groups is 1. The van der Waals surface area contributed by atoms with Crippen molar-refractivity contribution in [2.45, 2.75) is 34.1 Å². The Morgan fingerprint density at radius 2 is 1.73 bits per heavy atom. The largest absolute Gasteiger partial charge is 0.508 e. The van der Waals surface area contributed by atoms with Crippen molar-refractivity contribution < 1.29 is 14.7 Å². The smallest absolute Gasteiger partial charge is 0.271 e. The second kappa shape index (κ2) is 8.29. The van der Waals surface area contributed by atoms with E-state index in [1.807, 2.05) is 32.9 Å². The molecule has 3 N–H and O–H groups in total. The summed E-state index contributed by atoms with van der Waals surface area (Å²) in [5.74, 6) is -0.652. The van der Waals surface area contributed by atoms with Gasteiger partial charge in [0.25, 0.3) is 5.91 Å². The molecule has 0 aliphatic rings. The Bertz CT molecular complexity index is 849. The van der Waals surface area contributed by atoms with Crippen LogP contribution in [0.15, 0.2) is 41.5 Å². The number of nitrogens with one attached hydrogen (secondary N) is 2. The van der Waals surface area contributed by atoms with Gasteiger partial charge in [0, 0.05) is 17.0 Å². The maximum Gasteiger partial charge on any atom is 0.271 e. The van der Waals surface area contributed by atoms with Crippen LogP contribution in [0.1, 0.15) is 40.4 Å². The summed E-state index contributed by atoms with van der Waals surface area (Å²) >= 11 is 0. The predicted octanol–water partition coefficient (Wildman–Crippen LogP) is 3.45. The molecule has 2 rings (SSSR count). The van der Waals surface area contributed by atoms with E-state index in [0.29, 0.717) is 5.71 Å². The van der Waals surface area contributed by atoms with E-state index in [1.165, 1.54) is 12.1 Å². The molecule has 0 spiro atoms. The van der Waals surface area contributed by atoms with Crippen molar-refractivity contribution in [2.75, 3.05) is 5.32 Å². The van der Waals surface area contributed by atoms with E-state index < -0.39 is 5.91 Å². The quantitative estimate of drug-likeness (QED) is 0.568. The minimum Gasteiger partial charge on any atom is -0.508 e. The van der Waals surface area contributed by atoms with Crippen LogP contribution in [0.4, 0.5) is 5.69 Å². The Morgan fingerprint density at radius 3 is 2.35 bits per heavy atom. The lowest BCUT2D eigenvalue weighted by atomic mass is 10.0. The summed E-state index contributed by atoms with van der Waals surface area (Å²) in [5, 5.41) is 16.2. The van der Waals surface area contributed by atoms with Gasteiger partial charge in [-0.25, -0.2) is 5.43 Å². The maximum absolute atomic E-state index is 12.2. The lowest BCUT2D eigenvalue weighted by Crippen LogP contribution is -2.21. The van der Waals surface area contributed by atoms with E-state index in [-0.39, 0.29) is 23.6 Å². The second-order valence-corrected chi connectivity index (χ2v) is 6.34. The van der Waals surface area contributed by atoms with Crippen molar-refractivity contribution in [1.82, 2.24) is 5.43 Å². The molecule has 2 aromatic carbocycles. The van der Waals surface area contributed by atoms with Crippen molar-refractivity contribution in [3.63, 3.8) is 0 Å². The topological polar surface area (TPSA) is 90.8 Å². The number of benzene rings is 2. The number of anilines is 1. The monoisotopic (exact) mass is 353 g/mol. The molecule has 0 aromatic heterocycles. The van der Waals surface area contributed by atoms with E-state index >= 15 is 0 Å². The average Bonchev–Trinajstić information content (AvgIpc) is 2.56. The molecule has 2 amide bonds. The van der Waals surface area contributed by atoms with Gasteiger partial charge in [-0.05, 0) is 57.0 Å². The zero-order chi connectivity index (χ0) is 19.3. The molecule has 136 valence electrons. The van der Waals surface area contributed by atoms with Crippen LogP contribution >= 0.6 is 0 Å². The summed E-state index contributed by atoms with van der Waals surface area (Å²) in [7, 11) is 0. The number of phenols is 1. The van der Waals surface area contributed by atoms with Gasteiger partial charge >= 0.3 is 0 Å². The number of hydrogen-bond donors (Lipinski definition) is 3. The summed E-state index contributed by atoms with van der Waals surface area (Å²) in [6.45, 7) is 7.58. The van der Waals surface area contributed by atoms with E-state index in [4.69, 9.17) is 0 Å². The molecule has 2 aromatic rings. The number of amides is 2. The molecule has 0 fully saturated rings. The Labute approximate surface area is 152 Å². The molecule has 26 heavy (non-hydrogen) atoms. The summed E-state index contributed by atoms with van der Waals surface area (Å²) in [6, 6.07) is 9.98. The van der Waals surface area contributed by atoms with Crippen LogP contribution < -0.4 is 10.7 Å². The maximum atomic E-state index is 12.2. The van der Waals surface area contributed by atoms with Crippen LogP contribution in [0.3, 0.4) is 0 Å². The van der Waals surface area contributed by atoms with Gasteiger partial charge in [-0.1, -0.05) is 23.8 Å². The fourth-order valence-corrected chi connectivity index (χ4v) is 2.69.